The van der Waals surface area contributed by atoms with E-state index < -0.39 is 11.4 Å². The highest BCUT2D eigenvalue weighted by molar-refractivity contribution is 6.15. The third-order valence-corrected chi connectivity index (χ3v) is 4.40. The SMILES string of the molecule is COC(=O)c1ccc(/C=C2\Oc3cc(OC(=O)C(C)(C)C)cc(C)c3C2=O)cc1. The van der Waals surface area contributed by atoms with Gasteiger partial charge >= 0.3 is 11.9 Å². The summed E-state index contributed by atoms with van der Waals surface area (Å²) in [7, 11) is 1.32. The Morgan fingerprint density at radius 3 is 2.31 bits per heavy atom. The first-order valence-electron chi connectivity index (χ1n) is 9.09. The molecular weight excluding hydrogens is 372 g/mol. The van der Waals surface area contributed by atoms with Crippen LogP contribution < -0.4 is 9.47 Å². The van der Waals surface area contributed by atoms with Gasteiger partial charge in [0.25, 0.3) is 0 Å². The Kier molecular flexibility index (Phi) is 5.29. The Morgan fingerprint density at radius 1 is 1.07 bits per heavy atom. The fourth-order valence-electron chi connectivity index (χ4n) is 2.78. The van der Waals surface area contributed by atoms with E-state index in [1.807, 2.05) is 0 Å². The second kappa shape index (κ2) is 7.54. The molecule has 1 aliphatic rings. The number of carbonyl (C=O) groups is 3. The Balaban J connectivity index is 1.86. The highest BCUT2D eigenvalue weighted by Gasteiger charge is 2.31. The second-order valence-electron chi connectivity index (χ2n) is 7.81. The molecule has 1 aliphatic heterocycles. The molecule has 0 bridgehead atoms. The molecule has 1 heterocycles. The number of methoxy groups -OCH3 is 1. The molecule has 0 N–H and O–H groups in total. The van der Waals surface area contributed by atoms with Gasteiger partial charge in [0.15, 0.2) is 5.76 Å². The average Bonchev–Trinajstić information content (AvgIpc) is 2.96. The van der Waals surface area contributed by atoms with E-state index in [1.54, 1.807) is 70.2 Å². The summed E-state index contributed by atoms with van der Waals surface area (Å²) in [4.78, 5) is 36.4. The van der Waals surface area contributed by atoms with Gasteiger partial charge in [0.2, 0.25) is 5.78 Å². The normalized spacial score (nSPS) is 14.4. The zero-order chi connectivity index (χ0) is 21.3. The van der Waals surface area contributed by atoms with E-state index in [1.165, 1.54) is 7.11 Å². The van der Waals surface area contributed by atoms with Crippen molar-refractivity contribution in [3.63, 3.8) is 0 Å². The summed E-state index contributed by atoms with van der Waals surface area (Å²) in [5, 5.41) is 0. The number of ether oxygens (including phenoxy) is 3. The third-order valence-electron chi connectivity index (χ3n) is 4.40. The molecule has 29 heavy (non-hydrogen) atoms. The fraction of sp³-hybridized carbons (Fsp3) is 0.261. The number of allylic oxidation sites excluding steroid dienone is 1. The molecule has 0 amide bonds. The van der Waals surface area contributed by atoms with Crippen LogP contribution in [0.15, 0.2) is 42.2 Å². The molecule has 0 saturated heterocycles. The summed E-state index contributed by atoms with van der Waals surface area (Å²) >= 11 is 0. The lowest BCUT2D eigenvalue weighted by Crippen LogP contribution is -2.25. The predicted octanol–water partition coefficient (Wildman–Crippen LogP) is 4.35. The lowest BCUT2D eigenvalue weighted by Gasteiger charge is -2.16. The van der Waals surface area contributed by atoms with Crippen LogP contribution in [0.5, 0.6) is 11.5 Å². The molecule has 3 rings (SSSR count). The molecule has 150 valence electrons. The van der Waals surface area contributed by atoms with E-state index in [-0.39, 0.29) is 17.5 Å². The quantitative estimate of drug-likeness (QED) is 0.437. The number of hydrogen-bond acceptors (Lipinski definition) is 6. The van der Waals surface area contributed by atoms with Crippen LogP contribution in [0.2, 0.25) is 0 Å². The van der Waals surface area contributed by atoms with Gasteiger partial charge in [-0.2, -0.15) is 0 Å². The number of rotatable bonds is 3. The van der Waals surface area contributed by atoms with Gasteiger partial charge < -0.3 is 14.2 Å². The van der Waals surface area contributed by atoms with Crippen LogP contribution >= 0.6 is 0 Å². The first-order chi connectivity index (χ1) is 13.6. The van der Waals surface area contributed by atoms with Crippen molar-refractivity contribution >= 4 is 23.8 Å². The molecule has 2 aromatic carbocycles. The monoisotopic (exact) mass is 394 g/mol. The molecule has 0 radical (unpaired) electrons. The van der Waals surface area contributed by atoms with Gasteiger partial charge in [-0.15, -0.1) is 0 Å². The van der Waals surface area contributed by atoms with E-state index >= 15 is 0 Å². The van der Waals surface area contributed by atoms with Gasteiger partial charge in [-0.25, -0.2) is 4.79 Å². The van der Waals surface area contributed by atoms with E-state index in [9.17, 15) is 14.4 Å². The zero-order valence-electron chi connectivity index (χ0n) is 17.0. The van der Waals surface area contributed by atoms with Crippen LogP contribution in [0.4, 0.5) is 0 Å². The van der Waals surface area contributed by atoms with E-state index in [0.717, 1.165) is 0 Å². The maximum atomic E-state index is 12.8. The van der Waals surface area contributed by atoms with Crippen LogP contribution in [0, 0.1) is 12.3 Å². The third kappa shape index (κ3) is 4.21. The second-order valence-corrected chi connectivity index (χ2v) is 7.81. The standard InChI is InChI=1S/C23H22O6/c1-13-10-16(28-22(26)23(2,3)4)12-17-19(13)20(24)18(29-17)11-14-6-8-15(9-7-14)21(25)27-5/h6-12H,1-5H3/b18-11-. The van der Waals surface area contributed by atoms with Crippen LogP contribution in [0.3, 0.4) is 0 Å². The van der Waals surface area contributed by atoms with Gasteiger partial charge in [-0.3, -0.25) is 9.59 Å². The molecular formula is C23H22O6. The Bertz CT molecular complexity index is 1020. The van der Waals surface area contributed by atoms with Crippen LogP contribution in [-0.4, -0.2) is 24.8 Å². The van der Waals surface area contributed by atoms with Crippen molar-refractivity contribution in [2.75, 3.05) is 7.11 Å². The first-order valence-corrected chi connectivity index (χ1v) is 9.09. The molecule has 0 unspecified atom stereocenters. The number of aryl methyl sites for hydroxylation is 1. The van der Waals surface area contributed by atoms with E-state index in [0.29, 0.717) is 33.8 Å². The van der Waals surface area contributed by atoms with Crippen molar-refractivity contribution in [2.45, 2.75) is 27.7 Å². The topological polar surface area (TPSA) is 78.9 Å². The minimum absolute atomic E-state index is 0.160. The average molecular weight is 394 g/mol. The molecule has 0 spiro atoms. The largest absolute Gasteiger partial charge is 0.465 e. The summed E-state index contributed by atoms with van der Waals surface area (Å²) in [5.74, 6) is -0.210. The highest BCUT2D eigenvalue weighted by atomic mass is 16.5. The number of Topliss-reactive ketones (excluding diaryl/α,β-unsaturated/α-hetero) is 1. The maximum absolute atomic E-state index is 12.8. The summed E-state index contributed by atoms with van der Waals surface area (Å²) in [6.07, 6.45) is 1.60. The van der Waals surface area contributed by atoms with Gasteiger partial charge in [0.1, 0.15) is 11.5 Å². The minimum Gasteiger partial charge on any atom is -0.465 e. The van der Waals surface area contributed by atoms with Gasteiger partial charge in [-0.05, 0) is 63.1 Å². The molecule has 0 aromatic heterocycles. The number of fused-ring (bicyclic) bond motifs is 1. The Labute approximate surface area is 169 Å². The summed E-state index contributed by atoms with van der Waals surface area (Å²) in [5.41, 5.74) is 1.57. The van der Waals surface area contributed by atoms with E-state index in [2.05, 4.69) is 4.74 Å². The Morgan fingerprint density at radius 2 is 1.72 bits per heavy atom. The lowest BCUT2D eigenvalue weighted by molar-refractivity contribution is -0.143. The van der Waals surface area contributed by atoms with Crippen LogP contribution in [0.1, 0.15) is 52.6 Å². The van der Waals surface area contributed by atoms with Crippen molar-refractivity contribution in [1.82, 2.24) is 0 Å². The van der Waals surface area contributed by atoms with Crippen molar-refractivity contribution in [2.24, 2.45) is 5.41 Å². The predicted molar refractivity (Wildman–Crippen MR) is 107 cm³/mol. The summed E-state index contributed by atoms with van der Waals surface area (Å²) in [6.45, 7) is 7.06. The first kappa shape index (κ1) is 20.3. The number of esters is 2. The molecule has 0 atom stereocenters. The van der Waals surface area contributed by atoms with Crippen molar-refractivity contribution < 1.29 is 28.6 Å². The van der Waals surface area contributed by atoms with Crippen LogP contribution in [0.25, 0.3) is 6.08 Å². The molecule has 0 aliphatic carbocycles. The van der Waals surface area contributed by atoms with Crippen LogP contribution in [-0.2, 0) is 9.53 Å². The minimum atomic E-state index is -0.648. The molecule has 6 heteroatoms. The lowest BCUT2D eigenvalue weighted by atomic mass is 9.97. The number of ketones is 1. The molecule has 0 fully saturated rings. The number of hydrogen-bond donors (Lipinski definition) is 0. The molecule has 6 nitrogen and oxygen atoms in total. The van der Waals surface area contributed by atoms with Gasteiger partial charge in [0, 0.05) is 6.07 Å². The number of carbonyl (C=O) groups excluding carboxylic acids is 3. The van der Waals surface area contributed by atoms with Crippen molar-refractivity contribution in [3.8, 4) is 11.5 Å². The van der Waals surface area contributed by atoms with Crippen molar-refractivity contribution in [3.05, 3.63) is 64.4 Å². The molecule has 2 aromatic rings. The fourth-order valence-corrected chi connectivity index (χ4v) is 2.78. The summed E-state index contributed by atoms with van der Waals surface area (Å²) < 4.78 is 15.8. The maximum Gasteiger partial charge on any atom is 0.337 e. The smallest absolute Gasteiger partial charge is 0.337 e. The highest BCUT2D eigenvalue weighted by Crippen LogP contribution is 2.38. The summed E-state index contributed by atoms with van der Waals surface area (Å²) in [6, 6.07) is 9.81. The number of benzene rings is 2. The Hall–Kier alpha value is -3.41. The van der Waals surface area contributed by atoms with Crippen molar-refractivity contribution in [1.29, 1.82) is 0 Å². The zero-order valence-corrected chi connectivity index (χ0v) is 17.0. The molecule has 0 saturated carbocycles. The van der Waals surface area contributed by atoms with Gasteiger partial charge in [-0.1, -0.05) is 12.1 Å². The van der Waals surface area contributed by atoms with E-state index in [4.69, 9.17) is 9.47 Å². The van der Waals surface area contributed by atoms with Gasteiger partial charge in [0.05, 0.1) is 23.7 Å².